The lowest BCUT2D eigenvalue weighted by Gasteiger charge is -2.11. The van der Waals surface area contributed by atoms with Crippen molar-refractivity contribution >= 4 is 32.5 Å². The lowest BCUT2D eigenvalue weighted by atomic mass is 10.1. The Morgan fingerprint density at radius 1 is 1.05 bits per heavy atom. The summed E-state index contributed by atoms with van der Waals surface area (Å²) in [6, 6.07) is 13.0. The number of fused-ring (bicyclic) bond motifs is 1. The topological polar surface area (TPSA) is 27.8 Å². The van der Waals surface area contributed by atoms with Crippen molar-refractivity contribution < 1.29 is 0 Å². The lowest BCUT2D eigenvalue weighted by Crippen LogP contribution is -2.00. The van der Waals surface area contributed by atoms with Crippen LogP contribution < -0.4 is 5.32 Å². The van der Waals surface area contributed by atoms with Gasteiger partial charge in [0.05, 0.1) is 0 Å². The molecule has 0 bridgehead atoms. The van der Waals surface area contributed by atoms with Crippen LogP contribution in [0, 0.1) is 13.8 Å². The second-order valence-corrected chi connectivity index (χ2v) is 5.97. The highest BCUT2D eigenvalue weighted by Gasteiger charge is 2.03. The van der Waals surface area contributed by atoms with Crippen LogP contribution in [0.25, 0.3) is 10.9 Å². The molecule has 3 aromatic rings. The smallest absolute Gasteiger partial charge is 0.0457 e. The standard InChI is InChI=1S/C17H17BrN2/c1-11-7-15(8-12(2)17(11)18)20-10-13-3-4-14-5-6-19-16(14)9-13/h3-9,19-20H,10H2,1-2H3. The molecule has 2 aromatic carbocycles. The Labute approximate surface area is 127 Å². The van der Waals surface area contributed by atoms with Crippen LogP contribution in [0.1, 0.15) is 16.7 Å². The molecule has 0 fully saturated rings. The van der Waals surface area contributed by atoms with E-state index in [0.717, 1.165) is 12.2 Å². The van der Waals surface area contributed by atoms with Gasteiger partial charge in [0.25, 0.3) is 0 Å². The van der Waals surface area contributed by atoms with E-state index >= 15 is 0 Å². The van der Waals surface area contributed by atoms with Gasteiger partial charge in [0.15, 0.2) is 0 Å². The largest absolute Gasteiger partial charge is 0.381 e. The molecule has 0 aliphatic rings. The molecule has 0 saturated heterocycles. The third-order valence-corrected chi connectivity index (χ3v) is 4.80. The number of aromatic nitrogens is 1. The van der Waals surface area contributed by atoms with Crippen molar-refractivity contribution in [2.24, 2.45) is 0 Å². The molecule has 20 heavy (non-hydrogen) atoms. The number of hydrogen-bond donors (Lipinski definition) is 2. The Morgan fingerprint density at radius 2 is 1.80 bits per heavy atom. The molecule has 3 heteroatoms. The molecule has 0 aliphatic heterocycles. The van der Waals surface area contributed by atoms with Crippen molar-refractivity contribution in [3.8, 4) is 0 Å². The summed E-state index contributed by atoms with van der Waals surface area (Å²) >= 11 is 3.60. The molecule has 0 radical (unpaired) electrons. The molecule has 1 heterocycles. The number of nitrogens with one attached hydrogen (secondary N) is 2. The van der Waals surface area contributed by atoms with Gasteiger partial charge in [-0.25, -0.2) is 0 Å². The van der Waals surface area contributed by atoms with E-state index in [9.17, 15) is 0 Å². The van der Waals surface area contributed by atoms with Crippen molar-refractivity contribution in [2.75, 3.05) is 5.32 Å². The number of hydrogen-bond acceptors (Lipinski definition) is 1. The first-order valence-corrected chi connectivity index (χ1v) is 7.49. The molecule has 102 valence electrons. The van der Waals surface area contributed by atoms with Crippen LogP contribution in [0.15, 0.2) is 47.1 Å². The van der Waals surface area contributed by atoms with E-state index in [4.69, 9.17) is 0 Å². The molecule has 0 aliphatic carbocycles. The summed E-state index contributed by atoms with van der Waals surface area (Å²) in [7, 11) is 0. The molecular formula is C17H17BrN2. The van der Waals surface area contributed by atoms with Gasteiger partial charge in [-0.05, 0) is 60.2 Å². The average Bonchev–Trinajstić information content (AvgIpc) is 2.89. The van der Waals surface area contributed by atoms with Crippen molar-refractivity contribution in [3.05, 3.63) is 63.8 Å². The fourth-order valence-corrected chi connectivity index (χ4v) is 2.69. The Balaban J connectivity index is 1.78. The fraction of sp³-hybridized carbons (Fsp3) is 0.176. The van der Waals surface area contributed by atoms with Crippen LogP contribution in [0.5, 0.6) is 0 Å². The van der Waals surface area contributed by atoms with Gasteiger partial charge < -0.3 is 10.3 Å². The van der Waals surface area contributed by atoms with Gasteiger partial charge in [0.2, 0.25) is 0 Å². The highest BCUT2D eigenvalue weighted by molar-refractivity contribution is 9.10. The third-order valence-electron chi connectivity index (χ3n) is 3.55. The van der Waals surface area contributed by atoms with Gasteiger partial charge in [-0.1, -0.05) is 28.1 Å². The molecule has 0 unspecified atom stereocenters. The molecule has 3 rings (SSSR count). The Morgan fingerprint density at radius 3 is 2.55 bits per heavy atom. The number of rotatable bonds is 3. The molecule has 0 amide bonds. The first-order chi connectivity index (χ1) is 9.63. The molecule has 2 N–H and O–H groups in total. The Bertz CT molecular complexity index is 736. The van der Waals surface area contributed by atoms with E-state index in [1.54, 1.807) is 0 Å². The first-order valence-electron chi connectivity index (χ1n) is 6.70. The maximum absolute atomic E-state index is 3.60. The number of benzene rings is 2. The summed E-state index contributed by atoms with van der Waals surface area (Å²) in [5.41, 5.74) is 6.14. The van der Waals surface area contributed by atoms with Crippen LogP contribution in [-0.4, -0.2) is 4.98 Å². The van der Waals surface area contributed by atoms with Gasteiger partial charge in [0, 0.05) is 28.4 Å². The third kappa shape index (κ3) is 2.59. The number of H-pyrrole nitrogens is 1. The van der Waals surface area contributed by atoms with Crippen molar-refractivity contribution in [1.82, 2.24) is 4.98 Å². The van der Waals surface area contributed by atoms with Crippen LogP contribution in [0.2, 0.25) is 0 Å². The maximum atomic E-state index is 3.60. The van der Waals surface area contributed by atoms with E-state index in [1.165, 1.54) is 32.1 Å². The number of aryl methyl sites for hydroxylation is 2. The number of aromatic amines is 1. The second-order valence-electron chi connectivity index (χ2n) is 5.18. The van der Waals surface area contributed by atoms with Gasteiger partial charge in [0.1, 0.15) is 0 Å². The summed E-state index contributed by atoms with van der Waals surface area (Å²) in [5.74, 6) is 0. The van der Waals surface area contributed by atoms with Crippen LogP contribution in [0.4, 0.5) is 5.69 Å². The Hall–Kier alpha value is -1.74. The highest BCUT2D eigenvalue weighted by atomic mass is 79.9. The van der Waals surface area contributed by atoms with E-state index < -0.39 is 0 Å². The van der Waals surface area contributed by atoms with Crippen molar-refractivity contribution in [2.45, 2.75) is 20.4 Å². The summed E-state index contributed by atoms with van der Waals surface area (Å²) in [6.45, 7) is 5.07. The zero-order chi connectivity index (χ0) is 14.1. The summed E-state index contributed by atoms with van der Waals surface area (Å²) < 4.78 is 1.19. The van der Waals surface area contributed by atoms with Crippen molar-refractivity contribution in [1.29, 1.82) is 0 Å². The highest BCUT2D eigenvalue weighted by Crippen LogP contribution is 2.25. The fourth-order valence-electron chi connectivity index (χ4n) is 2.46. The summed E-state index contributed by atoms with van der Waals surface area (Å²) in [6.07, 6.45) is 1.98. The minimum Gasteiger partial charge on any atom is -0.381 e. The van der Waals surface area contributed by atoms with Gasteiger partial charge in [-0.2, -0.15) is 0 Å². The van der Waals surface area contributed by atoms with Crippen LogP contribution in [-0.2, 0) is 6.54 Å². The maximum Gasteiger partial charge on any atom is 0.0457 e. The van der Waals surface area contributed by atoms with Gasteiger partial charge >= 0.3 is 0 Å². The first kappa shape index (κ1) is 13.3. The van der Waals surface area contributed by atoms with Crippen molar-refractivity contribution in [3.63, 3.8) is 0 Å². The lowest BCUT2D eigenvalue weighted by molar-refractivity contribution is 1.14. The van der Waals surface area contributed by atoms with E-state index in [2.05, 4.69) is 76.5 Å². The van der Waals surface area contributed by atoms with Gasteiger partial charge in [-0.15, -0.1) is 0 Å². The van der Waals surface area contributed by atoms with E-state index in [0.29, 0.717) is 0 Å². The van der Waals surface area contributed by atoms with Crippen LogP contribution in [0.3, 0.4) is 0 Å². The summed E-state index contributed by atoms with van der Waals surface area (Å²) in [4.78, 5) is 3.25. The average molecular weight is 329 g/mol. The zero-order valence-corrected chi connectivity index (χ0v) is 13.2. The molecular weight excluding hydrogens is 312 g/mol. The normalized spacial score (nSPS) is 10.9. The SMILES string of the molecule is Cc1cc(NCc2ccc3cc[nH]c3c2)cc(C)c1Br. The minimum atomic E-state index is 0.829. The van der Waals surface area contributed by atoms with Crippen LogP contribution >= 0.6 is 15.9 Å². The molecule has 0 atom stereocenters. The van der Waals surface area contributed by atoms with Gasteiger partial charge in [-0.3, -0.25) is 0 Å². The predicted molar refractivity (Wildman–Crippen MR) is 89.2 cm³/mol. The molecule has 0 spiro atoms. The predicted octanol–water partition coefficient (Wildman–Crippen LogP) is 5.16. The monoisotopic (exact) mass is 328 g/mol. The molecule has 2 nitrogen and oxygen atoms in total. The minimum absolute atomic E-state index is 0.829. The number of anilines is 1. The zero-order valence-electron chi connectivity index (χ0n) is 11.6. The second kappa shape index (κ2) is 5.33. The molecule has 0 saturated carbocycles. The molecule has 1 aromatic heterocycles. The quantitative estimate of drug-likeness (QED) is 0.682. The Kier molecular flexibility index (Phi) is 3.53. The van der Waals surface area contributed by atoms with E-state index in [1.807, 2.05) is 6.20 Å². The number of halogens is 1. The van der Waals surface area contributed by atoms with E-state index in [-0.39, 0.29) is 0 Å². The summed E-state index contributed by atoms with van der Waals surface area (Å²) in [5, 5.41) is 4.75.